The van der Waals surface area contributed by atoms with Crippen molar-refractivity contribution in [2.24, 2.45) is 5.73 Å². The van der Waals surface area contributed by atoms with E-state index in [1.807, 2.05) is 30.6 Å². The van der Waals surface area contributed by atoms with Crippen LogP contribution in [0.15, 0.2) is 23.7 Å². The average molecular weight is 306 g/mol. The van der Waals surface area contributed by atoms with Gasteiger partial charge in [-0.15, -0.1) is 11.3 Å². The Labute approximate surface area is 127 Å². The smallest absolute Gasteiger partial charge is 0.308 e. The van der Waals surface area contributed by atoms with Gasteiger partial charge in [-0.1, -0.05) is 12.1 Å². The second-order valence-corrected chi connectivity index (χ2v) is 5.32. The van der Waals surface area contributed by atoms with Gasteiger partial charge in [-0.25, -0.2) is 4.98 Å². The molecule has 1 aromatic heterocycles. The fourth-order valence-electron chi connectivity index (χ4n) is 1.92. The summed E-state index contributed by atoms with van der Waals surface area (Å²) in [6, 6.07) is 5.90. The number of hydrogen-bond donors (Lipinski definition) is 1. The molecule has 0 bridgehead atoms. The highest BCUT2D eigenvalue weighted by Crippen LogP contribution is 2.31. The van der Waals surface area contributed by atoms with Crippen molar-refractivity contribution in [1.82, 2.24) is 4.98 Å². The highest BCUT2D eigenvalue weighted by Gasteiger charge is 2.10. The first-order valence-corrected chi connectivity index (χ1v) is 7.46. The number of nitrogens with zero attached hydrogens (tertiary/aromatic N) is 1. The van der Waals surface area contributed by atoms with Gasteiger partial charge >= 0.3 is 5.97 Å². The van der Waals surface area contributed by atoms with Crippen molar-refractivity contribution >= 4 is 17.3 Å². The molecule has 2 N–H and O–H groups in total. The molecule has 0 unspecified atom stereocenters. The van der Waals surface area contributed by atoms with Gasteiger partial charge in [-0.3, -0.25) is 4.79 Å². The molecule has 6 heteroatoms. The summed E-state index contributed by atoms with van der Waals surface area (Å²) < 4.78 is 10.3. The third kappa shape index (κ3) is 3.80. The lowest BCUT2D eigenvalue weighted by Gasteiger charge is -2.12. The lowest BCUT2D eigenvalue weighted by atomic mass is 10.1. The van der Waals surface area contributed by atoms with Crippen LogP contribution < -0.4 is 10.5 Å². The zero-order chi connectivity index (χ0) is 15.2. The van der Waals surface area contributed by atoms with Crippen LogP contribution in [0, 0.1) is 6.92 Å². The number of carbonyl (C=O) groups is 1. The molecule has 1 aromatic carbocycles. The van der Waals surface area contributed by atoms with Gasteiger partial charge in [0.05, 0.1) is 36.2 Å². The van der Waals surface area contributed by atoms with Crippen molar-refractivity contribution < 1.29 is 14.3 Å². The minimum Gasteiger partial charge on any atom is -0.493 e. The summed E-state index contributed by atoms with van der Waals surface area (Å²) in [4.78, 5) is 16.5. The molecule has 0 saturated carbocycles. The lowest BCUT2D eigenvalue weighted by molar-refractivity contribution is -0.141. The first-order chi connectivity index (χ1) is 10.2. The molecule has 5 nitrogen and oxygen atoms in total. The standard InChI is InChI=1S/C15H18N2O3S/c1-10-15(21-9-17-10)11-3-4-12(8-16)13(7-11)20-6-5-14(18)19-2/h3-4,7,9H,5-6,8,16H2,1-2H3. The number of nitrogens with two attached hydrogens (primary N) is 1. The zero-order valence-electron chi connectivity index (χ0n) is 12.1. The maximum absolute atomic E-state index is 11.1. The van der Waals surface area contributed by atoms with Gasteiger partial charge in [0, 0.05) is 12.1 Å². The fraction of sp³-hybridized carbons (Fsp3) is 0.333. The molecular weight excluding hydrogens is 288 g/mol. The first kappa shape index (κ1) is 15.5. The molecule has 0 radical (unpaired) electrons. The van der Waals surface area contributed by atoms with Gasteiger partial charge < -0.3 is 15.2 Å². The van der Waals surface area contributed by atoms with Crippen molar-refractivity contribution in [3.8, 4) is 16.2 Å². The molecule has 112 valence electrons. The van der Waals surface area contributed by atoms with Crippen LogP contribution in [0.4, 0.5) is 0 Å². The summed E-state index contributed by atoms with van der Waals surface area (Å²) >= 11 is 1.59. The third-order valence-corrected chi connectivity index (χ3v) is 4.06. The molecule has 0 aliphatic heterocycles. The van der Waals surface area contributed by atoms with E-state index in [-0.39, 0.29) is 19.0 Å². The van der Waals surface area contributed by atoms with Crippen LogP contribution >= 0.6 is 11.3 Å². The molecule has 0 fully saturated rings. The van der Waals surface area contributed by atoms with Crippen molar-refractivity contribution in [3.05, 3.63) is 35.0 Å². The Balaban J connectivity index is 2.18. The summed E-state index contributed by atoms with van der Waals surface area (Å²) in [5.41, 5.74) is 10.5. The first-order valence-electron chi connectivity index (χ1n) is 6.58. The molecule has 0 saturated heterocycles. The third-order valence-electron chi connectivity index (χ3n) is 3.09. The maximum atomic E-state index is 11.1. The van der Waals surface area contributed by atoms with Crippen molar-refractivity contribution in [2.75, 3.05) is 13.7 Å². The van der Waals surface area contributed by atoms with E-state index in [1.165, 1.54) is 7.11 Å². The van der Waals surface area contributed by atoms with Gasteiger partial charge in [-0.05, 0) is 18.6 Å². The topological polar surface area (TPSA) is 74.4 Å². The normalized spacial score (nSPS) is 10.4. The Morgan fingerprint density at radius 3 is 2.86 bits per heavy atom. The number of rotatable bonds is 6. The van der Waals surface area contributed by atoms with Crippen LogP contribution in [0.3, 0.4) is 0 Å². The molecule has 0 aliphatic carbocycles. The van der Waals surface area contributed by atoms with Crippen molar-refractivity contribution in [3.63, 3.8) is 0 Å². The molecule has 0 aliphatic rings. The molecule has 2 aromatic rings. The van der Waals surface area contributed by atoms with Gasteiger partial charge in [0.2, 0.25) is 0 Å². The Morgan fingerprint density at radius 2 is 2.24 bits per heavy atom. The number of aromatic nitrogens is 1. The van der Waals surface area contributed by atoms with E-state index in [1.54, 1.807) is 11.3 Å². The summed E-state index contributed by atoms with van der Waals surface area (Å²) in [6.07, 6.45) is 0.213. The summed E-state index contributed by atoms with van der Waals surface area (Å²) in [6.45, 7) is 2.63. The highest BCUT2D eigenvalue weighted by molar-refractivity contribution is 7.13. The van der Waals surface area contributed by atoms with E-state index < -0.39 is 0 Å². The Kier molecular flexibility index (Phi) is 5.30. The lowest BCUT2D eigenvalue weighted by Crippen LogP contribution is -2.09. The molecular formula is C15H18N2O3S. The number of aryl methyl sites for hydroxylation is 1. The van der Waals surface area contributed by atoms with Crippen LogP contribution in [-0.2, 0) is 16.1 Å². The molecule has 0 atom stereocenters. The quantitative estimate of drug-likeness (QED) is 0.830. The second kappa shape index (κ2) is 7.19. The van der Waals surface area contributed by atoms with Gasteiger partial charge in [0.25, 0.3) is 0 Å². The van der Waals surface area contributed by atoms with Crippen LogP contribution in [0.2, 0.25) is 0 Å². The van der Waals surface area contributed by atoms with E-state index >= 15 is 0 Å². The predicted octanol–water partition coefficient (Wildman–Crippen LogP) is 2.52. The number of carbonyl (C=O) groups excluding carboxylic acids is 1. The van der Waals surface area contributed by atoms with Crippen LogP contribution in [0.25, 0.3) is 10.4 Å². The Bertz CT molecular complexity index is 625. The van der Waals surface area contributed by atoms with Crippen molar-refractivity contribution in [2.45, 2.75) is 19.9 Å². The second-order valence-electron chi connectivity index (χ2n) is 4.47. The van der Waals surface area contributed by atoms with Crippen LogP contribution in [0.5, 0.6) is 5.75 Å². The van der Waals surface area contributed by atoms with E-state index in [9.17, 15) is 4.79 Å². The summed E-state index contributed by atoms with van der Waals surface area (Å²) in [7, 11) is 1.36. The van der Waals surface area contributed by atoms with E-state index in [2.05, 4.69) is 9.72 Å². The average Bonchev–Trinajstić information content (AvgIpc) is 2.93. The molecule has 2 rings (SSSR count). The summed E-state index contributed by atoms with van der Waals surface area (Å²) in [5.74, 6) is 0.408. The fourth-order valence-corrected chi connectivity index (χ4v) is 2.73. The van der Waals surface area contributed by atoms with Crippen LogP contribution in [-0.4, -0.2) is 24.7 Å². The number of methoxy groups -OCH3 is 1. The minimum atomic E-state index is -0.293. The molecule has 1 heterocycles. The number of thiazole rings is 1. The minimum absolute atomic E-state index is 0.213. The van der Waals surface area contributed by atoms with E-state index in [4.69, 9.17) is 10.5 Å². The molecule has 0 spiro atoms. The maximum Gasteiger partial charge on any atom is 0.308 e. The zero-order valence-corrected chi connectivity index (χ0v) is 12.9. The number of esters is 1. The van der Waals surface area contributed by atoms with Crippen LogP contribution in [0.1, 0.15) is 17.7 Å². The number of hydrogen-bond acceptors (Lipinski definition) is 6. The molecule has 21 heavy (non-hydrogen) atoms. The van der Waals surface area contributed by atoms with Gasteiger partial charge in [0.15, 0.2) is 0 Å². The SMILES string of the molecule is COC(=O)CCOc1cc(-c2scnc2C)ccc1CN. The van der Waals surface area contributed by atoms with Crippen molar-refractivity contribution in [1.29, 1.82) is 0 Å². The highest BCUT2D eigenvalue weighted by atomic mass is 32.1. The largest absolute Gasteiger partial charge is 0.493 e. The monoisotopic (exact) mass is 306 g/mol. The van der Waals surface area contributed by atoms with Gasteiger partial charge in [-0.2, -0.15) is 0 Å². The van der Waals surface area contributed by atoms with E-state index in [0.29, 0.717) is 12.3 Å². The Hall–Kier alpha value is -1.92. The van der Waals surface area contributed by atoms with E-state index in [0.717, 1.165) is 21.7 Å². The predicted molar refractivity (Wildman–Crippen MR) is 82.3 cm³/mol. The molecule has 0 amide bonds. The Morgan fingerprint density at radius 1 is 1.43 bits per heavy atom. The number of benzene rings is 1. The number of ether oxygens (including phenoxy) is 2. The van der Waals surface area contributed by atoms with Gasteiger partial charge in [0.1, 0.15) is 5.75 Å². The summed E-state index contributed by atoms with van der Waals surface area (Å²) in [5, 5.41) is 0.